The Kier molecular flexibility index (Phi) is 3.96. The number of amides is 1. The minimum atomic E-state index is -0.326. The van der Waals surface area contributed by atoms with Crippen LogP contribution in [0.25, 0.3) is 0 Å². The Bertz CT molecular complexity index is 389. The number of rotatable bonds is 4. The van der Waals surface area contributed by atoms with E-state index in [1.54, 1.807) is 12.1 Å². The minimum absolute atomic E-state index is 0.124. The van der Waals surface area contributed by atoms with Crippen LogP contribution in [0.2, 0.25) is 0 Å². The van der Waals surface area contributed by atoms with E-state index < -0.39 is 0 Å². The largest absolute Gasteiger partial charge is 0.493 e. The summed E-state index contributed by atoms with van der Waals surface area (Å²) in [5.74, 6) is 0.270. The van der Waals surface area contributed by atoms with Crippen LogP contribution in [0, 0.1) is 5.82 Å². The summed E-state index contributed by atoms with van der Waals surface area (Å²) < 4.78 is 18.2. The topological polar surface area (TPSA) is 29.5 Å². The molecule has 17 heavy (non-hydrogen) atoms. The Morgan fingerprint density at radius 2 is 2.12 bits per heavy atom. The van der Waals surface area contributed by atoms with Gasteiger partial charge in [-0.2, -0.15) is 0 Å². The van der Waals surface area contributed by atoms with Crippen molar-refractivity contribution in [1.82, 2.24) is 4.90 Å². The zero-order valence-electron chi connectivity index (χ0n) is 9.69. The SMILES string of the molecule is O=C(CCOc1cccc(F)c1)N1CCCC1. The maximum Gasteiger partial charge on any atom is 0.225 e. The molecule has 0 aromatic heterocycles. The number of nitrogens with zero attached hydrogens (tertiary/aromatic N) is 1. The van der Waals surface area contributed by atoms with Gasteiger partial charge in [0.25, 0.3) is 0 Å². The molecule has 0 aliphatic carbocycles. The molecular weight excluding hydrogens is 221 g/mol. The summed E-state index contributed by atoms with van der Waals surface area (Å²) in [5.41, 5.74) is 0. The summed E-state index contributed by atoms with van der Waals surface area (Å²) in [5, 5.41) is 0. The lowest BCUT2D eigenvalue weighted by Gasteiger charge is -2.15. The molecule has 0 N–H and O–H groups in total. The number of carbonyl (C=O) groups excluding carboxylic acids is 1. The Labute approximate surface area is 100 Å². The molecule has 0 unspecified atom stereocenters. The van der Waals surface area contributed by atoms with Gasteiger partial charge in [0.2, 0.25) is 5.91 Å². The Balaban J connectivity index is 1.73. The summed E-state index contributed by atoms with van der Waals surface area (Å²) in [4.78, 5) is 13.5. The fourth-order valence-electron chi connectivity index (χ4n) is 1.94. The molecule has 92 valence electrons. The molecule has 1 fully saturated rings. The third-order valence-corrected chi connectivity index (χ3v) is 2.84. The summed E-state index contributed by atoms with van der Waals surface area (Å²) >= 11 is 0. The van der Waals surface area contributed by atoms with Crippen molar-refractivity contribution in [3.05, 3.63) is 30.1 Å². The predicted octanol–water partition coefficient (Wildman–Crippen LogP) is 2.22. The molecule has 0 radical (unpaired) electrons. The first-order valence-corrected chi connectivity index (χ1v) is 5.92. The van der Waals surface area contributed by atoms with Crippen LogP contribution in [-0.4, -0.2) is 30.5 Å². The molecule has 1 amide bonds. The van der Waals surface area contributed by atoms with Crippen LogP contribution in [0.1, 0.15) is 19.3 Å². The molecular formula is C13H16FNO2. The van der Waals surface area contributed by atoms with Crippen LogP contribution < -0.4 is 4.74 Å². The highest BCUT2D eigenvalue weighted by atomic mass is 19.1. The number of likely N-dealkylation sites (tertiary alicyclic amines) is 1. The Morgan fingerprint density at radius 3 is 2.82 bits per heavy atom. The van der Waals surface area contributed by atoms with Crippen LogP contribution in [0.4, 0.5) is 4.39 Å². The molecule has 0 spiro atoms. The van der Waals surface area contributed by atoms with Crippen LogP contribution in [0.3, 0.4) is 0 Å². The molecule has 1 heterocycles. The zero-order chi connectivity index (χ0) is 12.1. The van der Waals surface area contributed by atoms with Gasteiger partial charge in [-0.3, -0.25) is 4.79 Å². The van der Waals surface area contributed by atoms with Gasteiger partial charge >= 0.3 is 0 Å². The number of hydrogen-bond donors (Lipinski definition) is 0. The second-order valence-corrected chi connectivity index (χ2v) is 4.14. The summed E-state index contributed by atoms with van der Waals surface area (Å²) in [6, 6.07) is 5.96. The first-order valence-electron chi connectivity index (χ1n) is 5.92. The summed E-state index contributed by atoms with van der Waals surface area (Å²) in [6.45, 7) is 2.02. The average Bonchev–Trinajstić information content (AvgIpc) is 2.82. The highest BCUT2D eigenvalue weighted by molar-refractivity contribution is 5.76. The van der Waals surface area contributed by atoms with E-state index >= 15 is 0 Å². The molecule has 0 bridgehead atoms. The molecule has 1 aromatic carbocycles. The van der Waals surface area contributed by atoms with E-state index in [0.717, 1.165) is 25.9 Å². The van der Waals surface area contributed by atoms with E-state index in [9.17, 15) is 9.18 Å². The van der Waals surface area contributed by atoms with Gasteiger partial charge < -0.3 is 9.64 Å². The van der Waals surface area contributed by atoms with Gasteiger partial charge in [0.05, 0.1) is 13.0 Å². The van der Waals surface area contributed by atoms with Gasteiger partial charge in [0.1, 0.15) is 11.6 Å². The maximum absolute atomic E-state index is 12.8. The van der Waals surface area contributed by atoms with Crippen LogP contribution in [-0.2, 0) is 4.79 Å². The third kappa shape index (κ3) is 3.44. The second-order valence-electron chi connectivity index (χ2n) is 4.14. The number of hydrogen-bond acceptors (Lipinski definition) is 2. The fraction of sp³-hybridized carbons (Fsp3) is 0.462. The predicted molar refractivity (Wildman–Crippen MR) is 62.3 cm³/mol. The summed E-state index contributed by atoms with van der Waals surface area (Å²) in [6.07, 6.45) is 2.55. The van der Waals surface area contributed by atoms with Gasteiger partial charge in [0, 0.05) is 19.2 Å². The van der Waals surface area contributed by atoms with Crippen LogP contribution in [0.15, 0.2) is 24.3 Å². The monoisotopic (exact) mass is 237 g/mol. The molecule has 0 saturated carbocycles. The third-order valence-electron chi connectivity index (χ3n) is 2.84. The average molecular weight is 237 g/mol. The van der Waals surface area contributed by atoms with E-state index in [4.69, 9.17) is 4.74 Å². The number of benzene rings is 1. The highest BCUT2D eigenvalue weighted by Gasteiger charge is 2.17. The van der Waals surface area contributed by atoms with E-state index in [-0.39, 0.29) is 11.7 Å². The number of ether oxygens (including phenoxy) is 1. The van der Waals surface area contributed by atoms with E-state index in [2.05, 4.69) is 0 Å². The van der Waals surface area contributed by atoms with Gasteiger partial charge in [0.15, 0.2) is 0 Å². The second kappa shape index (κ2) is 5.66. The molecule has 3 nitrogen and oxygen atoms in total. The van der Waals surface area contributed by atoms with Crippen molar-refractivity contribution in [2.45, 2.75) is 19.3 Å². The minimum Gasteiger partial charge on any atom is -0.493 e. The molecule has 1 saturated heterocycles. The Morgan fingerprint density at radius 1 is 1.35 bits per heavy atom. The maximum atomic E-state index is 12.8. The van der Waals surface area contributed by atoms with Crippen molar-refractivity contribution < 1.29 is 13.9 Å². The van der Waals surface area contributed by atoms with Gasteiger partial charge in [-0.25, -0.2) is 4.39 Å². The van der Waals surface area contributed by atoms with Crippen molar-refractivity contribution in [3.63, 3.8) is 0 Å². The quantitative estimate of drug-likeness (QED) is 0.803. The molecule has 1 aliphatic heterocycles. The van der Waals surface area contributed by atoms with Crippen molar-refractivity contribution in [3.8, 4) is 5.75 Å². The smallest absolute Gasteiger partial charge is 0.225 e. The fourth-order valence-corrected chi connectivity index (χ4v) is 1.94. The molecule has 2 rings (SSSR count). The lowest BCUT2D eigenvalue weighted by Crippen LogP contribution is -2.28. The van der Waals surface area contributed by atoms with Crippen LogP contribution >= 0.6 is 0 Å². The van der Waals surface area contributed by atoms with E-state index in [1.807, 2.05) is 4.90 Å². The lowest BCUT2D eigenvalue weighted by atomic mass is 10.3. The Hall–Kier alpha value is -1.58. The van der Waals surface area contributed by atoms with Gasteiger partial charge in [-0.05, 0) is 25.0 Å². The molecule has 1 aromatic rings. The zero-order valence-corrected chi connectivity index (χ0v) is 9.69. The van der Waals surface area contributed by atoms with Crippen LogP contribution in [0.5, 0.6) is 5.75 Å². The van der Waals surface area contributed by atoms with Crippen molar-refractivity contribution in [1.29, 1.82) is 0 Å². The van der Waals surface area contributed by atoms with E-state index in [0.29, 0.717) is 18.8 Å². The first kappa shape index (κ1) is 11.9. The number of halogens is 1. The van der Waals surface area contributed by atoms with Gasteiger partial charge in [-0.1, -0.05) is 6.07 Å². The van der Waals surface area contributed by atoms with E-state index in [1.165, 1.54) is 12.1 Å². The summed E-state index contributed by atoms with van der Waals surface area (Å²) in [7, 11) is 0. The first-order chi connectivity index (χ1) is 8.25. The van der Waals surface area contributed by atoms with Crippen molar-refractivity contribution in [2.75, 3.05) is 19.7 Å². The molecule has 0 atom stereocenters. The van der Waals surface area contributed by atoms with Gasteiger partial charge in [-0.15, -0.1) is 0 Å². The van der Waals surface area contributed by atoms with Crippen molar-refractivity contribution in [2.24, 2.45) is 0 Å². The normalized spacial score (nSPS) is 15.0. The highest BCUT2D eigenvalue weighted by Crippen LogP contribution is 2.13. The lowest BCUT2D eigenvalue weighted by molar-refractivity contribution is -0.130. The standard InChI is InChI=1S/C13H16FNO2/c14-11-4-3-5-12(10-11)17-9-6-13(16)15-7-1-2-8-15/h3-5,10H,1-2,6-9H2. The molecule has 1 aliphatic rings. The van der Waals surface area contributed by atoms with Crippen molar-refractivity contribution >= 4 is 5.91 Å². The number of carbonyl (C=O) groups is 1. The molecule has 4 heteroatoms.